The first-order valence-electron chi connectivity index (χ1n) is 5.32. The van der Waals surface area contributed by atoms with Crippen molar-refractivity contribution in [3.05, 3.63) is 33.9 Å². The number of nitro groups is 1. The maximum atomic E-state index is 12.0. The maximum Gasteiger partial charge on any atom is 0.273 e. The Bertz CT molecular complexity index is 573. The Kier molecular flexibility index (Phi) is 3.78. The van der Waals surface area contributed by atoms with Gasteiger partial charge < -0.3 is 0 Å². The molecule has 0 aromatic heterocycles. The molecule has 1 N–H and O–H groups in total. The van der Waals surface area contributed by atoms with Gasteiger partial charge in [0.15, 0.2) is 0 Å². The van der Waals surface area contributed by atoms with E-state index in [-0.39, 0.29) is 10.6 Å². The van der Waals surface area contributed by atoms with Crippen molar-refractivity contribution in [3.8, 4) is 0 Å². The number of hydrogen-bond donors (Lipinski definition) is 1. The lowest BCUT2D eigenvalue weighted by Crippen LogP contribution is -2.40. The Morgan fingerprint density at radius 3 is 2.28 bits per heavy atom. The third kappa shape index (κ3) is 3.51. The van der Waals surface area contributed by atoms with Gasteiger partial charge in [0.2, 0.25) is 10.0 Å². The van der Waals surface area contributed by atoms with E-state index in [1.807, 2.05) is 0 Å². The van der Waals surface area contributed by atoms with Crippen molar-refractivity contribution in [1.82, 2.24) is 4.72 Å². The molecule has 1 rings (SSSR count). The topological polar surface area (TPSA) is 89.3 Å². The van der Waals surface area contributed by atoms with Crippen molar-refractivity contribution in [1.29, 1.82) is 0 Å². The summed E-state index contributed by atoms with van der Waals surface area (Å²) in [7, 11) is -3.75. The van der Waals surface area contributed by atoms with Gasteiger partial charge in [0.25, 0.3) is 5.69 Å². The van der Waals surface area contributed by atoms with Gasteiger partial charge in [0, 0.05) is 17.2 Å². The van der Waals surface area contributed by atoms with Crippen LogP contribution in [0.4, 0.5) is 5.69 Å². The van der Waals surface area contributed by atoms with E-state index in [1.165, 1.54) is 12.1 Å². The molecule has 0 unspecified atom stereocenters. The Morgan fingerprint density at radius 1 is 1.28 bits per heavy atom. The van der Waals surface area contributed by atoms with Gasteiger partial charge in [0.1, 0.15) is 0 Å². The van der Waals surface area contributed by atoms with Crippen LogP contribution in [0.3, 0.4) is 0 Å². The highest BCUT2D eigenvalue weighted by atomic mass is 32.2. The van der Waals surface area contributed by atoms with Crippen LogP contribution in [0.5, 0.6) is 0 Å². The molecule has 0 atom stereocenters. The summed E-state index contributed by atoms with van der Waals surface area (Å²) in [6.07, 6.45) is 0. The number of rotatable bonds is 3. The third-order valence-corrected chi connectivity index (χ3v) is 3.88. The highest BCUT2D eigenvalue weighted by Crippen LogP contribution is 2.22. The second-order valence-electron chi connectivity index (χ2n) is 5.06. The fourth-order valence-electron chi connectivity index (χ4n) is 1.42. The molecule has 18 heavy (non-hydrogen) atoms. The molecule has 0 amide bonds. The van der Waals surface area contributed by atoms with Crippen LogP contribution in [0.25, 0.3) is 0 Å². The molecule has 0 aliphatic heterocycles. The van der Waals surface area contributed by atoms with Gasteiger partial charge in [-0.3, -0.25) is 10.1 Å². The minimum atomic E-state index is -3.75. The molecule has 0 heterocycles. The van der Waals surface area contributed by atoms with Crippen LogP contribution in [-0.2, 0) is 10.0 Å². The van der Waals surface area contributed by atoms with E-state index >= 15 is 0 Å². The van der Waals surface area contributed by atoms with Crippen molar-refractivity contribution < 1.29 is 13.3 Å². The molecular weight excluding hydrogens is 256 g/mol. The molecule has 0 spiro atoms. The first-order valence-corrected chi connectivity index (χ1v) is 6.80. The Morgan fingerprint density at radius 2 is 1.83 bits per heavy atom. The molecule has 100 valence electrons. The zero-order valence-electron chi connectivity index (χ0n) is 10.7. The van der Waals surface area contributed by atoms with E-state index in [1.54, 1.807) is 27.7 Å². The van der Waals surface area contributed by atoms with Crippen LogP contribution in [0.1, 0.15) is 26.3 Å². The number of benzene rings is 1. The molecule has 0 saturated carbocycles. The highest BCUT2D eigenvalue weighted by molar-refractivity contribution is 7.89. The van der Waals surface area contributed by atoms with E-state index in [0.29, 0.717) is 5.56 Å². The first-order chi connectivity index (χ1) is 8.03. The van der Waals surface area contributed by atoms with Crippen LogP contribution in [0.2, 0.25) is 0 Å². The molecule has 0 bridgehead atoms. The Balaban J connectivity index is 3.27. The van der Waals surface area contributed by atoms with Gasteiger partial charge in [-0.05, 0) is 33.8 Å². The fraction of sp³-hybridized carbons (Fsp3) is 0.455. The molecule has 6 nitrogen and oxygen atoms in total. The average molecular weight is 272 g/mol. The van der Waals surface area contributed by atoms with Crippen LogP contribution < -0.4 is 4.72 Å². The predicted molar refractivity (Wildman–Crippen MR) is 67.9 cm³/mol. The van der Waals surface area contributed by atoms with Crippen molar-refractivity contribution >= 4 is 15.7 Å². The quantitative estimate of drug-likeness (QED) is 0.673. The van der Waals surface area contributed by atoms with E-state index in [4.69, 9.17) is 0 Å². The van der Waals surface area contributed by atoms with Gasteiger partial charge in [-0.1, -0.05) is 6.07 Å². The molecule has 1 aromatic rings. The van der Waals surface area contributed by atoms with Gasteiger partial charge >= 0.3 is 0 Å². The summed E-state index contributed by atoms with van der Waals surface area (Å²) in [5.41, 5.74) is -0.417. The molecule has 0 fully saturated rings. The normalized spacial score (nSPS) is 12.4. The van der Waals surface area contributed by atoms with Crippen LogP contribution in [0.15, 0.2) is 23.1 Å². The molecule has 0 saturated heterocycles. The summed E-state index contributed by atoms with van der Waals surface area (Å²) in [5, 5.41) is 10.8. The van der Waals surface area contributed by atoms with Gasteiger partial charge in [-0.2, -0.15) is 0 Å². The monoisotopic (exact) mass is 272 g/mol. The van der Waals surface area contributed by atoms with E-state index < -0.39 is 20.5 Å². The number of hydrogen-bond acceptors (Lipinski definition) is 4. The molecule has 0 aliphatic carbocycles. The second-order valence-corrected chi connectivity index (χ2v) is 6.74. The first kappa shape index (κ1) is 14.6. The van der Waals surface area contributed by atoms with Crippen molar-refractivity contribution in [2.75, 3.05) is 0 Å². The number of nitrogens with zero attached hydrogens (tertiary/aromatic N) is 1. The maximum absolute atomic E-state index is 12.0. The zero-order valence-corrected chi connectivity index (χ0v) is 11.5. The smallest absolute Gasteiger partial charge is 0.258 e. The number of nitrogens with one attached hydrogen (secondary N) is 1. The molecular formula is C11H16N2O4S. The summed E-state index contributed by atoms with van der Waals surface area (Å²) in [6, 6.07) is 3.86. The minimum absolute atomic E-state index is 0.102. The lowest BCUT2D eigenvalue weighted by atomic mass is 10.1. The summed E-state index contributed by atoms with van der Waals surface area (Å²) >= 11 is 0. The molecule has 7 heteroatoms. The van der Waals surface area contributed by atoms with E-state index in [0.717, 1.165) is 6.07 Å². The van der Waals surface area contributed by atoms with Crippen molar-refractivity contribution in [2.24, 2.45) is 0 Å². The summed E-state index contributed by atoms with van der Waals surface area (Å²) in [6.45, 7) is 6.67. The van der Waals surface area contributed by atoms with Gasteiger partial charge in [-0.15, -0.1) is 0 Å². The Hall–Kier alpha value is -1.47. The van der Waals surface area contributed by atoms with Crippen molar-refractivity contribution in [2.45, 2.75) is 38.1 Å². The van der Waals surface area contributed by atoms with Crippen LogP contribution in [0, 0.1) is 17.0 Å². The van der Waals surface area contributed by atoms with Gasteiger partial charge in [0.05, 0.1) is 9.82 Å². The number of aryl methyl sites for hydroxylation is 1. The van der Waals surface area contributed by atoms with Gasteiger partial charge in [-0.25, -0.2) is 13.1 Å². The SMILES string of the molecule is Cc1ccc(S(=O)(=O)NC(C)(C)C)cc1[N+](=O)[O-]. The predicted octanol–water partition coefficient (Wildman–Crippen LogP) is 1.98. The van der Waals surface area contributed by atoms with E-state index in [9.17, 15) is 18.5 Å². The molecule has 0 aliphatic rings. The molecule has 1 aromatic carbocycles. The lowest BCUT2D eigenvalue weighted by molar-refractivity contribution is -0.385. The third-order valence-electron chi connectivity index (χ3n) is 2.13. The zero-order chi connectivity index (χ0) is 14.1. The summed E-state index contributed by atoms with van der Waals surface area (Å²) < 4.78 is 26.4. The van der Waals surface area contributed by atoms with Crippen LogP contribution in [-0.4, -0.2) is 18.9 Å². The average Bonchev–Trinajstić information content (AvgIpc) is 2.13. The second kappa shape index (κ2) is 4.66. The standard InChI is InChI=1S/C11H16N2O4S/c1-8-5-6-9(7-10(8)13(14)15)18(16,17)12-11(2,3)4/h5-7,12H,1-4H3. The van der Waals surface area contributed by atoms with E-state index in [2.05, 4.69) is 4.72 Å². The highest BCUT2D eigenvalue weighted by Gasteiger charge is 2.24. The molecule has 0 radical (unpaired) electrons. The summed E-state index contributed by atoms with van der Waals surface area (Å²) in [4.78, 5) is 10.1. The number of sulfonamides is 1. The van der Waals surface area contributed by atoms with Crippen molar-refractivity contribution in [3.63, 3.8) is 0 Å². The lowest BCUT2D eigenvalue weighted by Gasteiger charge is -2.20. The number of nitro benzene ring substituents is 1. The minimum Gasteiger partial charge on any atom is -0.258 e. The summed E-state index contributed by atoms with van der Waals surface area (Å²) in [5.74, 6) is 0. The fourth-order valence-corrected chi connectivity index (χ4v) is 2.85. The van der Waals surface area contributed by atoms with Crippen LogP contribution >= 0.6 is 0 Å². The Labute approximate surface area is 106 Å². The largest absolute Gasteiger partial charge is 0.273 e.